The monoisotopic (exact) mass is 296 g/mol. The summed E-state index contributed by atoms with van der Waals surface area (Å²) < 4.78 is 0. The molecular weight excluding hydrogens is 260 g/mol. The van der Waals surface area contributed by atoms with Crippen molar-refractivity contribution in [2.24, 2.45) is 5.73 Å². The molecule has 4 nitrogen and oxygen atoms in total. The summed E-state index contributed by atoms with van der Waals surface area (Å²) in [7, 11) is 2.25. The molecule has 0 aromatic heterocycles. The van der Waals surface area contributed by atoms with Crippen molar-refractivity contribution >= 4 is 0 Å². The fraction of sp³-hybridized carbons (Fsp3) is 1.00. The number of piperazine rings is 1. The number of hydrogen-bond acceptors (Lipinski definition) is 4. The predicted octanol–water partition coefficient (Wildman–Crippen LogP) is 1.61. The minimum atomic E-state index is 0.237. The lowest BCUT2D eigenvalue weighted by Gasteiger charge is -2.53. The molecular formula is C17H36N4. The van der Waals surface area contributed by atoms with E-state index in [0.717, 1.165) is 19.6 Å². The number of nitrogens with two attached hydrogens (primary N) is 1. The topological polar surface area (TPSA) is 35.7 Å². The molecule has 124 valence electrons. The van der Waals surface area contributed by atoms with E-state index in [1.54, 1.807) is 0 Å². The van der Waals surface area contributed by atoms with E-state index in [9.17, 15) is 0 Å². The maximum atomic E-state index is 6.31. The Hall–Kier alpha value is -0.160. The van der Waals surface area contributed by atoms with Crippen LogP contribution in [0.1, 0.15) is 46.5 Å². The van der Waals surface area contributed by atoms with Crippen molar-refractivity contribution in [1.82, 2.24) is 14.7 Å². The van der Waals surface area contributed by atoms with Crippen LogP contribution in [0.2, 0.25) is 0 Å². The van der Waals surface area contributed by atoms with Crippen molar-refractivity contribution in [3.8, 4) is 0 Å². The summed E-state index contributed by atoms with van der Waals surface area (Å²) in [6, 6.07) is 0. The molecule has 0 saturated carbocycles. The van der Waals surface area contributed by atoms with Crippen LogP contribution in [0.15, 0.2) is 0 Å². The third-order valence-corrected chi connectivity index (χ3v) is 5.92. The van der Waals surface area contributed by atoms with Gasteiger partial charge in [0, 0.05) is 37.3 Å². The predicted molar refractivity (Wildman–Crippen MR) is 90.6 cm³/mol. The second-order valence-electron chi connectivity index (χ2n) is 7.78. The molecule has 0 radical (unpaired) electrons. The zero-order valence-corrected chi connectivity index (χ0v) is 14.7. The highest BCUT2D eigenvalue weighted by Crippen LogP contribution is 2.32. The van der Waals surface area contributed by atoms with Gasteiger partial charge in [-0.3, -0.25) is 9.80 Å². The lowest BCUT2D eigenvalue weighted by molar-refractivity contribution is -0.0278. The largest absolute Gasteiger partial charge is 0.329 e. The third kappa shape index (κ3) is 3.79. The quantitative estimate of drug-likeness (QED) is 0.855. The average molecular weight is 297 g/mol. The standard InChI is InChI=1S/C17H36N4/c1-5-9-20-10-6-7-17(14-18,8-11-20)21-13-12-19(4)16(2,3)15-21/h5-15,18H2,1-4H3. The SMILES string of the molecule is CCCN1CCCC(CN)(N2CCN(C)C(C)(C)C2)CC1. The molecule has 0 bridgehead atoms. The summed E-state index contributed by atoms with van der Waals surface area (Å²) in [6.45, 7) is 15.0. The van der Waals surface area contributed by atoms with Gasteiger partial charge < -0.3 is 10.6 Å². The maximum Gasteiger partial charge on any atom is 0.0345 e. The van der Waals surface area contributed by atoms with E-state index < -0.39 is 0 Å². The lowest BCUT2D eigenvalue weighted by Crippen LogP contribution is -2.65. The number of likely N-dealkylation sites (tertiary alicyclic amines) is 1. The zero-order valence-electron chi connectivity index (χ0n) is 14.7. The van der Waals surface area contributed by atoms with E-state index in [4.69, 9.17) is 5.73 Å². The van der Waals surface area contributed by atoms with E-state index in [-0.39, 0.29) is 11.1 Å². The number of hydrogen-bond donors (Lipinski definition) is 1. The van der Waals surface area contributed by atoms with E-state index in [2.05, 4.69) is 42.5 Å². The number of rotatable bonds is 4. The van der Waals surface area contributed by atoms with Crippen LogP contribution in [0.25, 0.3) is 0 Å². The molecule has 2 rings (SSSR count). The Bertz CT molecular complexity index is 331. The van der Waals surface area contributed by atoms with Gasteiger partial charge >= 0.3 is 0 Å². The van der Waals surface area contributed by atoms with Crippen LogP contribution in [0.5, 0.6) is 0 Å². The zero-order chi connectivity index (χ0) is 15.5. The normalized spacial score (nSPS) is 33.0. The van der Waals surface area contributed by atoms with Crippen LogP contribution in [-0.4, -0.2) is 78.6 Å². The van der Waals surface area contributed by atoms with E-state index >= 15 is 0 Å². The van der Waals surface area contributed by atoms with Crippen molar-refractivity contribution in [3.05, 3.63) is 0 Å². The first-order valence-electron chi connectivity index (χ1n) is 8.82. The smallest absolute Gasteiger partial charge is 0.0345 e. The van der Waals surface area contributed by atoms with Gasteiger partial charge in [-0.15, -0.1) is 0 Å². The molecule has 2 aliphatic rings. The van der Waals surface area contributed by atoms with Gasteiger partial charge in [0.1, 0.15) is 0 Å². The average Bonchev–Trinajstić information content (AvgIpc) is 2.66. The molecule has 21 heavy (non-hydrogen) atoms. The summed E-state index contributed by atoms with van der Waals surface area (Å²) >= 11 is 0. The molecule has 0 aliphatic carbocycles. The molecule has 2 heterocycles. The summed E-state index contributed by atoms with van der Waals surface area (Å²) in [5.41, 5.74) is 6.80. The highest BCUT2D eigenvalue weighted by molar-refractivity contribution is 5.00. The second kappa shape index (κ2) is 6.95. The Morgan fingerprint density at radius 3 is 2.43 bits per heavy atom. The van der Waals surface area contributed by atoms with Crippen LogP contribution >= 0.6 is 0 Å². The first-order chi connectivity index (χ1) is 9.93. The highest BCUT2D eigenvalue weighted by atomic mass is 15.3. The van der Waals surface area contributed by atoms with Crippen LogP contribution < -0.4 is 5.73 Å². The van der Waals surface area contributed by atoms with Crippen molar-refractivity contribution in [2.75, 3.05) is 52.9 Å². The minimum absolute atomic E-state index is 0.237. The molecule has 1 atom stereocenters. The fourth-order valence-corrected chi connectivity index (χ4v) is 4.07. The van der Waals surface area contributed by atoms with Gasteiger partial charge in [0.25, 0.3) is 0 Å². The first kappa shape index (κ1) is 17.2. The Morgan fingerprint density at radius 1 is 1.05 bits per heavy atom. The number of nitrogens with zero attached hydrogens (tertiary/aromatic N) is 3. The van der Waals surface area contributed by atoms with Crippen LogP contribution in [-0.2, 0) is 0 Å². The molecule has 2 fully saturated rings. The van der Waals surface area contributed by atoms with Crippen molar-refractivity contribution < 1.29 is 0 Å². The molecule has 0 spiro atoms. The summed E-state index contributed by atoms with van der Waals surface area (Å²) in [6.07, 6.45) is 5.06. The minimum Gasteiger partial charge on any atom is -0.329 e. The highest BCUT2D eigenvalue weighted by Gasteiger charge is 2.42. The van der Waals surface area contributed by atoms with Gasteiger partial charge in [0.05, 0.1) is 0 Å². The molecule has 0 aromatic rings. The lowest BCUT2D eigenvalue weighted by atomic mass is 9.85. The van der Waals surface area contributed by atoms with Crippen molar-refractivity contribution in [3.63, 3.8) is 0 Å². The molecule has 0 aromatic carbocycles. The Labute approximate surface area is 131 Å². The number of likely N-dealkylation sites (N-methyl/N-ethyl adjacent to an activating group) is 1. The summed E-state index contributed by atoms with van der Waals surface area (Å²) in [4.78, 5) is 7.86. The van der Waals surface area contributed by atoms with Crippen molar-refractivity contribution in [2.45, 2.75) is 57.5 Å². The van der Waals surface area contributed by atoms with Crippen molar-refractivity contribution in [1.29, 1.82) is 0 Å². The molecule has 1 unspecified atom stereocenters. The van der Waals surface area contributed by atoms with Gasteiger partial charge in [-0.05, 0) is 66.2 Å². The third-order valence-electron chi connectivity index (χ3n) is 5.92. The van der Waals surface area contributed by atoms with Gasteiger partial charge in [0.2, 0.25) is 0 Å². The van der Waals surface area contributed by atoms with Gasteiger partial charge in [-0.2, -0.15) is 0 Å². The van der Waals surface area contributed by atoms with Crippen LogP contribution in [0.3, 0.4) is 0 Å². The fourth-order valence-electron chi connectivity index (χ4n) is 4.07. The van der Waals surface area contributed by atoms with Gasteiger partial charge in [0.15, 0.2) is 0 Å². The Kier molecular flexibility index (Phi) is 5.69. The molecule has 4 heteroatoms. The maximum absolute atomic E-state index is 6.31. The van der Waals surface area contributed by atoms with Crippen LogP contribution in [0.4, 0.5) is 0 Å². The first-order valence-corrected chi connectivity index (χ1v) is 8.82. The van der Waals surface area contributed by atoms with E-state index in [1.807, 2.05) is 0 Å². The van der Waals surface area contributed by atoms with Gasteiger partial charge in [-0.1, -0.05) is 6.92 Å². The molecule has 2 aliphatic heterocycles. The molecule has 2 saturated heterocycles. The summed E-state index contributed by atoms with van der Waals surface area (Å²) in [5, 5.41) is 0. The van der Waals surface area contributed by atoms with E-state index in [1.165, 1.54) is 51.9 Å². The van der Waals surface area contributed by atoms with E-state index in [0.29, 0.717) is 0 Å². The van der Waals surface area contributed by atoms with Crippen LogP contribution in [0, 0.1) is 0 Å². The molecule has 2 N–H and O–H groups in total. The molecule has 0 amide bonds. The Balaban J connectivity index is 2.07. The Morgan fingerprint density at radius 2 is 1.81 bits per heavy atom. The summed E-state index contributed by atoms with van der Waals surface area (Å²) in [5.74, 6) is 0. The second-order valence-corrected chi connectivity index (χ2v) is 7.78. The van der Waals surface area contributed by atoms with Gasteiger partial charge in [-0.25, -0.2) is 0 Å².